The van der Waals surface area contributed by atoms with Gasteiger partial charge in [0.25, 0.3) is 0 Å². The van der Waals surface area contributed by atoms with E-state index in [1.54, 1.807) is 6.07 Å². The quantitative estimate of drug-likeness (QED) is 0.733. The Morgan fingerprint density at radius 2 is 2.08 bits per heavy atom. The molecule has 0 saturated heterocycles. The first-order chi connectivity index (χ1) is 6.22. The molecule has 1 aliphatic carbocycles. The maximum atomic E-state index is 13.0. The predicted octanol–water partition coefficient (Wildman–Crippen LogP) is 1.90. The van der Waals surface area contributed by atoms with E-state index in [9.17, 15) is 9.50 Å². The van der Waals surface area contributed by atoms with Crippen LogP contribution in [0, 0.1) is 5.82 Å². The van der Waals surface area contributed by atoms with Gasteiger partial charge in [-0.1, -0.05) is 0 Å². The number of aromatic hydroxyl groups is 1. The minimum absolute atomic E-state index is 0.0113. The second-order valence-electron chi connectivity index (χ2n) is 3.43. The molecule has 2 nitrogen and oxygen atoms in total. The predicted molar refractivity (Wildman–Crippen MR) is 46.0 cm³/mol. The van der Waals surface area contributed by atoms with E-state index in [2.05, 4.69) is 0 Å². The summed E-state index contributed by atoms with van der Waals surface area (Å²) in [5.41, 5.74) is 1.03. The van der Waals surface area contributed by atoms with E-state index in [1.807, 2.05) is 0 Å². The molecule has 0 aliphatic heterocycles. The number of benzene rings is 1. The van der Waals surface area contributed by atoms with E-state index >= 15 is 0 Å². The van der Waals surface area contributed by atoms with Gasteiger partial charge in [-0.25, -0.2) is 4.39 Å². The molecule has 0 radical (unpaired) electrons. The highest BCUT2D eigenvalue weighted by Gasteiger charge is 2.27. The standard InChI is InChI=1S/C10H11FO2/c11-9-4-10(13)8(6-1-2-6)3-7(9)5-12/h3-4,6,12-13H,1-2,5H2. The Morgan fingerprint density at radius 3 is 2.62 bits per heavy atom. The summed E-state index contributed by atoms with van der Waals surface area (Å²) < 4.78 is 13.0. The van der Waals surface area contributed by atoms with Crippen LogP contribution in [0.3, 0.4) is 0 Å². The minimum atomic E-state index is -0.538. The van der Waals surface area contributed by atoms with Crippen LogP contribution in [-0.4, -0.2) is 10.2 Å². The van der Waals surface area contributed by atoms with Gasteiger partial charge in [0, 0.05) is 11.6 Å². The molecule has 1 saturated carbocycles. The van der Waals surface area contributed by atoms with Gasteiger partial charge in [0.05, 0.1) is 6.61 Å². The summed E-state index contributed by atoms with van der Waals surface area (Å²) in [5.74, 6) is -0.160. The molecule has 0 aromatic heterocycles. The Labute approximate surface area is 75.6 Å². The molecule has 0 bridgehead atoms. The van der Waals surface area contributed by atoms with Gasteiger partial charge in [-0.15, -0.1) is 0 Å². The van der Waals surface area contributed by atoms with Crippen LogP contribution in [0.1, 0.15) is 29.9 Å². The van der Waals surface area contributed by atoms with Crippen LogP contribution < -0.4 is 0 Å². The van der Waals surface area contributed by atoms with Gasteiger partial charge >= 0.3 is 0 Å². The van der Waals surface area contributed by atoms with E-state index in [-0.39, 0.29) is 17.9 Å². The molecule has 2 N–H and O–H groups in total. The topological polar surface area (TPSA) is 40.5 Å². The lowest BCUT2D eigenvalue weighted by Gasteiger charge is -2.06. The zero-order chi connectivity index (χ0) is 9.42. The molecule has 1 fully saturated rings. The Balaban J connectivity index is 2.44. The second-order valence-corrected chi connectivity index (χ2v) is 3.43. The maximum Gasteiger partial charge on any atom is 0.132 e. The number of halogens is 1. The van der Waals surface area contributed by atoms with Crippen LogP contribution in [0.5, 0.6) is 5.75 Å². The van der Waals surface area contributed by atoms with Crippen molar-refractivity contribution in [2.45, 2.75) is 25.4 Å². The zero-order valence-corrected chi connectivity index (χ0v) is 7.13. The molecule has 1 aromatic carbocycles. The van der Waals surface area contributed by atoms with Crippen LogP contribution in [0.25, 0.3) is 0 Å². The van der Waals surface area contributed by atoms with Crippen molar-refractivity contribution in [3.05, 3.63) is 29.1 Å². The summed E-state index contributed by atoms with van der Waals surface area (Å²) in [4.78, 5) is 0. The number of aliphatic hydroxyl groups excluding tert-OH is 1. The lowest BCUT2D eigenvalue weighted by molar-refractivity contribution is 0.275. The number of phenols is 1. The molecule has 0 amide bonds. The fourth-order valence-corrected chi connectivity index (χ4v) is 1.47. The van der Waals surface area contributed by atoms with Crippen molar-refractivity contribution in [2.75, 3.05) is 0 Å². The summed E-state index contributed by atoms with van der Waals surface area (Å²) >= 11 is 0. The number of aliphatic hydroxyl groups is 1. The molecule has 13 heavy (non-hydrogen) atoms. The maximum absolute atomic E-state index is 13.0. The average Bonchev–Trinajstić information content (AvgIpc) is 2.88. The first-order valence-corrected chi connectivity index (χ1v) is 4.34. The number of phenolic OH excluding ortho intramolecular Hbond substituents is 1. The molecule has 2 rings (SSSR count). The van der Waals surface area contributed by atoms with Crippen molar-refractivity contribution in [1.29, 1.82) is 0 Å². The summed E-state index contributed by atoms with van der Waals surface area (Å²) in [6, 6.07) is 2.64. The second kappa shape index (κ2) is 3.00. The van der Waals surface area contributed by atoms with Gasteiger partial charge in [0.1, 0.15) is 11.6 Å². The minimum Gasteiger partial charge on any atom is -0.508 e. The van der Waals surface area contributed by atoms with Crippen LogP contribution in [0.2, 0.25) is 0 Å². The average molecular weight is 182 g/mol. The Morgan fingerprint density at radius 1 is 1.38 bits per heavy atom. The number of hydrogen-bond acceptors (Lipinski definition) is 2. The van der Waals surface area contributed by atoms with Crippen molar-refractivity contribution < 1.29 is 14.6 Å². The molecule has 1 aromatic rings. The SMILES string of the molecule is OCc1cc(C2CC2)c(O)cc1F. The van der Waals surface area contributed by atoms with Gasteiger partial charge in [0.2, 0.25) is 0 Å². The van der Waals surface area contributed by atoms with E-state index in [0.29, 0.717) is 5.92 Å². The van der Waals surface area contributed by atoms with Gasteiger partial charge in [-0.05, 0) is 30.4 Å². The molecule has 3 heteroatoms. The monoisotopic (exact) mass is 182 g/mol. The lowest BCUT2D eigenvalue weighted by atomic mass is 10.1. The molecular formula is C10H11FO2. The third kappa shape index (κ3) is 1.52. The highest BCUT2D eigenvalue weighted by molar-refractivity contribution is 5.41. The third-order valence-electron chi connectivity index (χ3n) is 2.38. The Hall–Kier alpha value is -1.09. The van der Waals surface area contributed by atoms with E-state index in [0.717, 1.165) is 24.5 Å². The van der Waals surface area contributed by atoms with Crippen LogP contribution >= 0.6 is 0 Å². The van der Waals surface area contributed by atoms with Crippen molar-refractivity contribution in [3.8, 4) is 5.75 Å². The molecule has 0 unspecified atom stereocenters. The van der Waals surface area contributed by atoms with Crippen LogP contribution in [-0.2, 0) is 6.61 Å². The molecule has 0 heterocycles. The van der Waals surface area contributed by atoms with Gasteiger partial charge < -0.3 is 10.2 Å². The molecule has 0 atom stereocenters. The van der Waals surface area contributed by atoms with Gasteiger partial charge in [-0.2, -0.15) is 0 Å². The first kappa shape index (κ1) is 8.51. The fourth-order valence-electron chi connectivity index (χ4n) is 1.47. The Kier molecular flexibility index (Phi) is 1.96. The lowest BCUT2D eigenvalue weighted by Crippen LogP contribution is -1.92. The smallest absolute Gasteiger partial charge is 0.132 e. The molecule has 70 valence electrons. The highest BCUT2D eigenvalue weighted by Crippen LogP contribution is 2.44. The summed E-state index contributed by atoms with van der Waals surface area (Å²) in [7, 11) is 0. The molecule has 0 spiro atoms. The van der Waals surface area contributed by atoms with Gasteiger partial charge in [0.15, 0.2) is 0 Å². The number of hydrogen-bond donors (Lipinski definition) is 2. The molecule has 1 aliphatic rings. The zero-order valence-electron chi connectivity index (χ0n) is 7.13. The van der Waals surface area contributed by atoms with Crippen molar-refractivity contribution in [3.63, 3.8) is 0 Å². The number of rotatable bonds is 2. The largest absolute Gasteiger partial charge is 0.508 e. The van der Waals surface area contributed by atoms with E-state index in [4.69, 9.17) is 5.11 Å². The summed E-state index contributed by atoms with van der Waals surface area (Å²) in [6.45, 7) is -0.314. The summed E-state index contributed by atoms with van der Waals surface area (Å²) in [5, 5.41) is 18.2. The van der Waals surface area contributed by atoms with Crippen LogP contribution in [0.4, 0.5) is 4.39 Å². The first-order valence-electron chi connectivity index (χ1n) is 4.34. The van der Waals surface area contributed by atoms with Crippen molar-refractivity contribution >= 4 is 0 Å². The third-order valence-corrected chi connectivity index (χ3v) is 2.38. The molecular weight excluding hydrogens is 171 g/mol. The fraction of sp³-hybridized carbons (Fsp3) is 0.400. The highest BCUT2D eigenvalue weighted by atomic mass is 19.1. The summed E-state index contributed by atoms with van der Waals surface area (Å²) in [6.07, 6.45) is 2.09. The Bertz CT molecular complexity index is 332. The van der Waals surface area contributed by atoms with Gasteiger partial charge in [-0.3, -0.25) is 0 Å². The van der Waals surface area contributed by atoms with E-state index < -0.39 is 5.82 Å². The normalized spacial score (nSPS) is 16.2. The van der Waals surface area contributed by atoms with E-state index in [1.165, 1.54) is 0 Å². The van der Waals surface area contributed by atoms with Crippen molar-refractivity contribution in [1.82, 2.24) is 0 Å². The van der Waals surface area contributed by atoms with Crippen LogP contribution in [0.15, 0.2) is 12.1 Å². The van der Waals surface area contributed by atoms with Crippen molar-refractivity contribution in [2.24, 2.45) is 0 Å².